The Kier molecular flexibility index (Phi) is 1.01. The molecule has 0 amide bonds. The number of fused-ring (bicyclic) bond motifs is 3. The highest BCUT2D eigenvalue weighted by molar-refractivity contribution is 5.83. The summed E-state index contributed by atoms with van der Waals surface area (Å²) in [5.41, 5.74) is 2.40. The van der Waals surface area contributed by atoms with Crippen molar-refractivity contribution in [3.8, 4) is 5.88 Å². The van der Waals surface area contributed by atoms with Crippen LogP contribution in [-0.2, 0) is 6.42 Å². The van der Waals surface area contributed by atoms with Crippen molar-refractivity contribution >= 4 is 10.9 Å². The van der Waals surface area contributed by atoms with Gasteiger partial charge in [-0.05, 0) is 6.07 Å². The lowest BCUT2D eigenvalue weighted by Crippen LogP contribution is -1.87. The summed E-state index contributed by atoms with van der Waals surface area (Å²) in [5.74, 6) is 0.796. The number of hydrogen-bond acceptors (Lipinski definition) is 2. The van der Waals surface area contributed by atoms with Crippen molar-refractivity contribution in [2.75, 3.05) is 6.61 Å². The highest BCUT2D eigenvalue weighted by Crippen LogP contribution is 2.28. The minimum absolute atomic E-state index is 0.764. The molecule has 60 valence electrons. The number of aromatic nitrogens is 2. The highest BCUT2D eigenvalue weighted by Gasteiger charge is 2.16. The fourth-order valence-corrected chi connectivity index (χ4v) is 1.67. The van der Waals surface area contributed by atoms with Crippen molar-refractivity contribution < 1.29 is 4.74 Å². The van der Waals surface area contributed by atoms with Crippen LogP contribution in [0.3, 0.4) is 0 Å². The van der Waals surface area contributed by atoms with E-state index in [1.54, 1.807) is 0 Å². The molecule has 3 heterocycles. The van der Waals surface area contributed by atoms with Crippen LogP contribution in [-0.4, -0.2) is 16.6 Å². The number of ether oxygens (including phenoxy) is 1. The second-order valence-corrected chi connectivity index (χ2v) is 2.95. The van der Waals surface area contributed by atoms with E-state index < -0.39 is 0 Å². The summed E-state index contributed by atoms with van der Waals surface area (Å²) in [6.45, 7) is 0.764. The van der Waals surface area contributed by atoms with Crippen molar-refractivity contribution in [2.24, 2.45) is 0 Å². The van der Waals surface area contributed by atoms with Crippen LogP contribution < -0.4 is 4.74 Å². The van der Waals surface area contributed by atoms with Crippen molar-refractivity contribution in [1.29, 1.82) is 0 Å². The molecule has 3 rings (SSSR count). The third kappa shape index (κ3) is 0.630. The lowest BCUT2D eigenvalue weighted by molar-refractivity contribution is 0.345. The molecule has 0 atom stereocenters. The molecule has 1 N–H and O–H groups in total. The summed E-state index contributed by atoms with van der Waals surface area (Å²) in [6.07, 6.45) is 4.75. The van der Waals surface area contributed by atoms with Crippen molar-refractivity contribution in [2.45, 2.75) is 6.42 Å². The van der Waals surface area contributed by atoms with Crippen molar-refractivity contribution in [3.63, 3.8) is 0 Å². The van der Waals surface area contributed by atoms with Crippen LogP contribution in [0.2, 0.25) is 0 Å². The molecule has 1 aliphatic rings. The van der Waals surface area contributed by atoms with Gasteiger partial charge >= 0.3 is 0 Å². The molecule has 0 spiro atoms. The molecule has 2 aromatic heterocycles. The van der Waals surface area contributed by atoms with Crippen LogP contribution in [0.4, 0.5) is 0 Å². The maximum Gasteiger partial charge on any atom is 0.218 e. The SMILES string of the molecule is c1cc2cnc3c(c2[nH]1)CCO3. The molecule has 0 fully saturated rings. The fraction of sp³-hybridized carbons (Fsp3) is 0.222. The second-order valence-electron chi connectivity index (χ2n) is 2.95. The Morgan fingerprint density at radius 1 is 1.50 bits per heavy atom. The van der Waals surface area contributed by atoms with E-state index in [1.807, 2.05) is 18.5 Å². The number of H-pyrrole nitrogens is 1. The van der Waals surface area contributed by atoms with E-state index >= 15 is 0 Å². The first kappa shape index (κ1) is 6.06. The molecule has 2 aromatic rings. The van der Waals surface area contributed by atoms with Gasteiger partial charge in [-0.25, -0.2) is 4.98 Å². The molecule has 12 heavy (non-hydrogen) atoms. The topological polar surface area (TPSA) is 37.9 Å². The Morgan fingerprint density at radius 3 is 3.50 bits per heavy atom. The summed E-state index contributed by atoms with van der Waals surface area (Å²) >= 11 is 0. The zero-order valence-corrected chi connectivity index (χ0v) is 6.50. The molecular formula is C9H8N2O. The molecule has 0 radical (unpaired) electrons. The van der Waals surface area contributed by atoms with E-state index in [4.69, 9.17) is 4.74 Å². The smallest absolute Gasteiger partial charge is 0.218 e. The van der Waals surface area contributed by atoms with Gasteiger partial charge in [-0.15, -0.1) is 0 Å². The van der Waals surface area contributed by atoms with Crippen LogP contribution in [0.1, 0.15) is 5.56 Å². The number of nitrogens with zero attached hydrogens (tertiary/aromatic N) is 1. The Hall–Kier alpha value is -1.51. The summed E-state index contributed by atoms with van der Waals surface area (Å²) < 4.78 is 5.34. The lowest BCUT2D eigenvalue weighted by Gasteiger charge is -1.97. The van der Waals surface area contributed by atoms with Crippen LogP contribution in [0.5, 0.6) is 5.88 Å². The van der Waals surface area contributed by atoms with Crippen molar-refractivity contribution in [3.05, 3.63) is 24.0 Å². The zero-order chi connectivity index (χ0) is 7.97. The molecule has 0 unspecified atom stereocenters. The number of rotatable bonds is 0. The number of pyridine rings is 1. The van der Waals surface area contributed by atoms with Crippen LogP contribution in [0, 0.1) is 0 Å². The third-order valence-electron chi connectivity index (χ3n) is 2.25. The number of hydrogen-bond donors (Lipinski definition) is 1. The van der Waals surface area contributed by atoms with Gasteiger partial charge in [-0.3, -0.25) is 0 Å². The van der Waals surface area contributed by atoms with Gasteiger partial charge in [0.1, 0.15) is 0 Å². The summed E-state index contributed by atoms with van der Waals surface area (Å²) in [7, 11) is 0. The average Bonchev–Trinajstić information content (AvgIpc) is 2.71. The molecule has 0 saturated carbocycles. The van der Waals surface area contributed by atoms with E-state index in [1.165, 1.54) is 16.5 Å². The monoisotopic (exact) mass is 160 g/mol. The maximum atomic E-state index is 5.34. The van der Waals surface area contributed by atoms with Crippen LogP contribution in [0.15, 0.2) is 18.5 Å². The second kappa shape index (κ2) is 2.00. The molecule has 0 bridgehead atoms. The first-order valence-corrected chi connectivity index (χ1v) is 4.03. The van der Waals surface area contributed by atoms with Gasteiger partial charge in [0.25, 0.3) is 0 Å². The van der Waals surface area contributed by atoms with Crippen molar-refractivity contribution in [1.82, 2.24) is 9.97 Å². The summed E-state index contributed by atoms with van der Waals surface area (Å²) in [6, 6.07) is 2.03. The van der Waals surface area contributed by atoms with E-state index in [0.29, 0.717) is 0 Å². The third-order valence-corrected chi connectivity index (χ3v) is 2.25. The average molecular weight is 160 g/mol. The Morgan fingerprint density at radius 2 is 2.50 bits per heavy atom. The van der Waals surface area contributed by atoms with Gasteiger partial charge in [-0.2, -0.15) is 0 Å². The minimum Gasteiger partial charge on any atom is -0.477 e. The lowest BCUT2D eigenvalue weighted by atomic mass is 10.2. The molecule has 3 heteroatoms. The Bertz CT molecular complexity index is 433. The van der Waals surface area contributed by atoms with Gasteiger partial charge in [0.15, 0.2) is 0 Å². The normalized spacial score (nSPS) is 14.7. The maximum absolute atomic E-state index is 5.34. The van der Waals surface area contributed by atoms with Gasteiger partial charge in [0.05, 0.1) is 12.1 Å². The Labute approximate surface area is 69.4 Å². The van der Waals surface area contributed by atoms with Crippen LogP contribution >= 0.6 is 0 Å². The van der Waals surface area contributed by atoms with Gasteiger partial charge < -0.3 is 9.72 Å². The number of aromatic amines is 1. The predicted octanol–water partition coefficient (Wildman–Crippen LogP) is 1.50. The molecular weight excluding hydrogens is 152 g/mol. The van der Waals surface area contributed by atoms with Crippen LogP contribution in [0.25, 0.3) is 10.9 Å². The standard InChI is InChI=1S/C9H8N2O/c1-3-10-8-6(1)5-11-9-7(8)2-4-12-9/h1,3,5,10H,2,4H2. The quantitative estimate of drug-likeness (QED) is 0.634. The first-order chi connectivity index (χ1) is 5.95. The molecule has 3 nitrogen and oxygen atoms in total. The van der Waals surface area contributed by atoms with Gasteiger partial charge in [0, 0.05) is 29.8 Å². The minimum atomic E-state index is 0.764. The zero-order valence-electron chi connectivity index (χ0n) is 6.50. The first-order valence-electron chi connectivity index (χ1n) is 4.03. The van der Waals surface area contributed by atoms with Gasteiger partial charge in [-0.1, -0.05) is 0 Å². The molecule has 0 aromatic carbocycles. The largest absolute Gasteiger partial charge is 0.477 e. The summed E-state index contributed by atoms with van der Waals surface area (Å²) in [5, 5.41) is 1.17. The van der Waals surface area contributed by atoms with E-state index in [0.717, 1.165) is 18.9 Å². The summed E-state index contributed by atoms with van der Waals surface area (Å²) in [4.78, 5) is 7.42. The van der Waals surface area contributed by atoms with Gasteiger partial charge in [0.2, 0.25) is 5.88 Å². The molecule has 0 aliphatic carbocycles. The fourth-order valence-electron chi connectivity index (χ4n) is 1.67. The number of nitrogens with one attached hydrogen (secondary N) is 1. The Balaban J connectivity index is 2.46. The van der Waals surface area contributed by atoms with E-state index in [-0.39, 0.29) is 0 Å². The van der Waals surface area contributed by atoms with E-state index in [2.05, 4.69) is 9.97 Å². The van der Waals surface area contributed by atoms with E-state index in [9.17, 15) is 0 Å². The molecule has 0 saturated heterocycles. The predicted molar refractivity (Wildman–Crippen MR) is 45.3 cm³/mol. The highest BCUT2D eigenvalue weighted by atomic mass is 16.5. The molecule has 1 aliphatic heterocycles.